The predicted molar refractivity (Wildman–Crippen MR) is 70.6 cm³/mol. The van der Waals surface area contributed by atoms with Gasteiger partial charge in [-0.25, -0.2) is 9.37 Å². The molecule has 0 spiro atoms. The van der Waals surface area contributed by atoms with Crippen LogP contribution in [0, 0.1) is 12.7 Å². The number of aromatic nitrogens is 2. The number of hydrogen-bond donors (Lipinski definition) is 2. The fourth-order valence-electron chi connectivity index (χ4n) is 1.63. The summed E-state index contributed by atoms with van der Waals surface area (Å²) in [5, 5.41) is 6.07. The normalized spacial score (nSPS) is 10.2. The van der Waals surface area contributed by atoms with Crippen molar-refractivity contribution in [1.82, 2.24) is 9.97 Å². The number of nitrogens with zero attached hydrogens (tertiary/aromatic N) is 2. The van der Waals surface area contributed by atoms with Gasteiger partial charge >= 0.3 is 0 Å². The van der Waals surface area contributed by atoms with E-state index in [0.29, 0.717) is 17.5 Å². The van der Waals surface area contributed by atoms with Gasteiger partial charge in [0, 0.05) is 18.4 Å². The van der Waals surface area contributed by atoms with Crippen molar-refractivity contribution in [2.75, 3.05) is 17.2 Å². The van der Waals surface area contributed by atoms with Crippen LogP contribution >= 0.6 is 0 Å². The lowest BCUT2D eigenvalue weighted by molar-refractivity contribution is 0.627. The summed E-state index contributed by atoms with van der Waals surface area (Å²) in [6, 6.07) is 6.51. The zero-order chi connectivity index (χ0) is 13.0. The van der Waals surface area contributed by atoms with Gasteiger partial charge in [0.05, 0.1) is 0 Å². The molecule has 2 aromatic rings. The Balaban J connectivity index is 2.20. The Morgan fingerprint density at radius 2 is 2.11 bits per heavy atom. The molecule has 5 heteroatoms. The third-order valence-corrected chi connectivity index (χ3v) is 2.30. The standard InChI is InChI=1S/C13H15FN4/c1-3-15-13-16-5-4-12(18-13)17-11-7-9(2)6-10(14)8-11/h4-8H,3H2,1-2H3,(H2,15,16,17,18). The van der Waals surface area contributed by atoms with Crippen molar-refractivity contribution in [2.45, 2.75) is 13.8 Å². The molecule has 2 rings (SSSR count). The van der Waals surface area contributed by atoms with Crippen molar-refractivity contribution in [1.29, 1.82) is 0 Å². The van der Waals surface area contributed by atoms with Crippen molar-refractivity contribution in [3.8, 4) is 0 Å². The van der Waals surface area contributed by atoms with Gasteiger partial charge in [0.15, 0.2) is 0 Å². The van der Waals surface area contributed by atoms with Crippen molar-refractivity contribution in [2.24, 2.45) is 0 Å². The topological polar surface area (TPSA) is 49.8 Å². The van der Waals surface area contributed by atoms with E-state index in [0.717, 1.165) is 12.1 Å². The molecular formula is C13H15FN4. The molecule has 94 valence electrons. The number of benzene rings is 1. The van der Waals surface area contributed by atoms with Gasteiger partial charge in [-0.1, -0.05) is 0 Å². The van der Waals surface area contributed by atoms with Crippen LogP contribution in [0.15, 0.2) is 30.5 Å². The molecule has 0 aliphatic rings. The van der Waals surface area contributed by atoms with E-state index in [4.69, 9.17) is 0 Å². The zero-order valence-electron chi connectivity index (χ0n) is 10.4. The van der Waals surface area contributed by atoms with Crippen molar-refractivity contribution in [3.05, 3.63) is 41.8 Å². The molecule has 0 unspecified atom stereocenters. The smallest absolute Gasteiger partial charge is 0.224 e. The molecule has 18 heavy (non-hydrogen) atoms. The van der Waals surface area contributed by atoms with E-state index in [1.165, 1.54) is 12.1 Å². The summed E-state index contributed by atoms with van der Waals surface area (Å²) in [5.74, 6) is 0.917. The first-order chi connectivity index (χ1) is 8.67. The first kappa shape index (κ1) is 12.3. The summed E-state index contributed by atoms with van der Waals surface area (Å²) in [6.45, 7) is 4.57. The lowest BCUT2D eigenvalue weighted by atomic mass is 10.2. The molecule has 0 saturated heterocycles. The van der Waals surface area contributed by atoms with Gasteiger partial charge in [-0.05, 0) is 43.7 Å². The molecule has 1 heterocycles. The fourth-order valence-corrected chi connectivity index (χ4v) is 1.63. The minimum atomic E-state index is -0.265. The highest BCUT2D eigenvalue weighted by Crippen LogP contribution is 2.18. The monoisotopic (exact) mass is 246 g/mol. The Morgan fingerprint density at radius 1 is 1.28 bits per heavy atom. The minimum absolute atomic E-state index is 0.265. The summed E-state index contributed by atoms with van der Waals surface area (Å²) in [7, 11) is 0. The number of aryl methyl sites for hydroxylation is 1. The van der Waals surface area contributed by atoms with Gasteiger partial charge < -0.3 is 10.6 Å². The van der Waals surface area contributed by atoms with Crippen LogP contribution in [0.25, 0.3) is 0 Å². The van der Waals surface area contributed by atoms with Crippen LogP contribution in [0.3, 0.4) is 0 Å². The van der Waals surface area contributed by atoms with E-state index in [2.05, 4.69) is 20.6 Å². The molecule has 1 aromatic carbocycles. The maximum Gasteiger partial charge on any atom is 0.224 e. The number of anilines is 3. The highest BCUT2D eigenvalue weighted by Gasteiger charge is 2.01. The molecule has 0 amide bonds. The minimum Gasteiger partial charge on any atom is -0.354 e. The van der Waals surface area contributed by atoms with Gasteiger partial charge in [0.1, 0.15) is 11.6 Å². The average molecular weight is 246 g/mol. The van der Waals surface area contributed by atoms with E-state index in [1.807, 2.05) is 19.9 Å². The summed E-state index contributed by atoms with van der Waals surface area (Å²) < 4.78 is 13.2. The van der Waals surface area contributed by atoms with Crippen LogP contribution in [0.2, 0.25) is 0 Å². The second kappa shape index (κ2) is 5.44. The van der Waals surface area contributed by atoms with E-state index >= 15 is 0 Å². The molecular weight excluding hydrogens is 231 g/mol. The van der Waals surface area contributed by atoms with Crippen LogP contribution in [0.4, 0.5) is 21.8 Å². The average Bonchev–Trinajstić information content (AvgIpc) is 2.28. The molecule has 0 aliphatic heterocycles. The van der Waals surface area contributed by atoms with Crippen LogP contribution in [0.5, 0.6) is 0 Å². The number of halogens is 1. The lowest BCUT2D eigenvalue weighted by Crippen LogP contribution is -2.03. The van der Waals surface area contributed by atoms with Crippen molar-refractivity contribution < 1.29 is 4.39 Å². The van der Waals surface area contributed by atoms with Crippen molar-refractivity contribution >= 4 is 17.5 Å². The fraction of sp³-hybridized carbons (Fsp3) is 0.231. The Hall–Kier alpha value is -2.17. The zero-order valence-corrected chi connectivity index (χ0v) is 10.4. The maximum absolute atomic E-state index is 13.2. The van der Waals surface area contributed by atoms with Crippen LogP contribution in [-0.4, -0.2) is 16.5 Å². The van der Waals surface area contributed by atoms with Crippen LogP contribution in [0.1, 0.15) is 12.5 Å². The van der Waals surface area contributed by atoms with Gasteiger partial charge in [-0.3, -0.25) is 0 Å². The first-order valence-corrected chi connectivity index (χ1v) is 5.78. The lowest BCUT2D eigenvalue weighted by Gasteiger charge is -2.08. The Morgan fingerprint density at radius 3 is 2.83 bits per heavy atom. The Kier molecular flexibility index (Phi) is 3.72. The van der Waals surface area contributed by atoms with Gasteiger partial charge in [0.2, 0.25) is 5.95 Å². The molecule has 0 radical (unpaired) electrons. The first-order valence-electron chi connectivity index (χ1n) is 5.78. The molecule has 4 nitrogen and oxygen atoms in total. The van der Waals surface area contributed by atoms with Crippen LogP contribution < -0.4 is 10.6 Å². The molecule has 0 bridgehead atoms. The summed E-state index contributed by atoms with van der Waals surface area (Å²) in [4.78, 5) is 8.33. The third kappa shape index (κ3) is 3.16. The predicted octanol–water partition coefficient (Wildman–Crippen LogP) is 3.10. The maximum atomic E-state index is 13.2. The van der Waals surface area contributed by atoms with E-state index in [-0.39, 0.29) is 5.82 Å². The summed E-state index contributed by atoms with van der Waals surface area (Å²) in [5.41, 5.74) is 1.53. The molecule has 1 aromatic heterocycles. The molecule has 0 fully saturated rings. The van der Waals surface area contributed by atoms with Gasteiger partial charge in [0.25, 0.3) is 0 Å². The largest absolute Gasteiger partial charge is 0.354 e. The third-order valence-electron chi connectivity index (χ3n) is 2.30. The molecule has 2 N–H and O–H groups in total. The van der Waals surface area contributed by atoms with E-state index < -0.39 is 0 Å². The Bertz CT molecular complexity index is 522. The number of hydrogen-bond acceptors (Lipinski definition) is 4. The van der Waals surface area contributed by atoms with Crippen molar-refractivity contribution in [3.63, 3.8) is 0 Å². The second-order valence-electron chi connectivity index (χ2n) is 3.94. The molecule has 0 aliphatic carbocycles. The van der Waals surface area contributed by atoms with Crippen LogP contribution in [-0.2, 0) is 0 Å². The summed E-state index contributed by atoms with van der Waals surface area (Å²) >= 11 is 0. The molecule has 0 saturated carbocycles. The SMILES string of the molecule is CCNc1nccc(Nc2cc(C)cc(F)c2)n1. The second-order valence-corrected chi connectivity index (χ2v) is 3.94. The highest BCUT2D eigenvalue weighted by molar-refractivity contribution is 5.57. The number of rotatable bonds is 4. The van der Waals surface area contributed by atoms with E-state index in [1.54, 1.807) is 12.3 Å². The Labute approximate surface area is 105 Å². The highest BCUT2D eigenvalue weighted by atomic mass is 19.1. The van der Waals surface area contributed by atoms with E-state index in [9.17, 15) is 4.39 Å². The van der Waals surface area contributed by atoms with Gasteiger partial charge in [-0.2, -0.15) is 4.98 Å². The number of nitrogens with one attached hydrogen (secondary N) is 2. The summed E-state index contributed by atoms with van der Waals surface area (Å²) in [6.07, 6.45) is 1.65. The van der Waals surface area contributed by atoms with Gasteiger partial charge in [-0.15, -0.1) is 0 Å². The molecule has 0 atom stereocenters. The quantitative estimate of drug-likeness (QED) is 0.870.